The highest BCUT2D eigenvalue weighted by Gasteiger charge is 2.20. The fraction of sp³-hybridized carbons (Fsp3) is 0.450. The fourth-order valence-electron chi connectivity index (χ4n) is 3.37. The number of benzene rings is 1. The standard InChI is InChI=1S/C20H25N3O2/c1-14-16-10-6-7-11-17(16)23-18(22-14)12-13-21-20(24)19(25-2)15-8-4-3-5-9-15/h3-5,8-9,19H,6-7,10-13H2,1-2H3,(H,21,24)/t19-/m1/s1. The molecular weight excluding hydrogens is 314 g/mol. The Morgan fingerprint density at radius 1 is 1.20 bits per heavy atom. The quantitative estimate of drug-likeness (QED) is 0.879. The monoisotopic (exact) mass is 339 g/mol. The molecule has 3 rings (SSSR count). The van der Waals surface area contributed by atoms with Crippen LogP contribution in [0, 0.1) is 6.92 Å². The molecule has 2 aromatic rings. The summed E-state index contributed by atoms with van der Waals surface area (Å²) in [5, 5.41) is 2.94. The number of nitrogens with one attached hydrogen (secondary N) is 1. The van der Waals surface area contributed by atoms with Gasteiger partial charge in [0, 0.05) is 31.5 Å². The Morgan fingerprint density at radius 3 is 2.72 bits per heavy atom. The van der Waals surface area contributed by atoms with Gasteiger partial charge in [-0.05, 0) is 43.7 Å². The predicted octanol–water partition coefficient (Wildman–Crippen LogP) is 2.71. The van der Waals surface area contributed by atoms with Crippen molar-refractivity contribution in [3.63, 3.8) is 0 Å². The first-order valence-electron chi connectivity index (χ1n) is 8.89. The summed E-state index contributed by atoms with van der Waals surface area (Å²) in [5.41, 5.74) is 4.45. The van der Waals surface area contributed by atoms with E-state index in [4.69, 9.17) is 9.72 Å². The van der Waals surface area contributed by atoms with Gasteiger partial charge in [0.15, 0.2) is 6.10 Å². The first-order valence-corrected chi connectivity index (χ1v) is 8.89. The number of amides is 1. The summed E-state index contributed by atoms with van der Waals surface area (Å²) in [6, 6.07) is 9.51. The van der Waals surface area contributed by atoms with Crippen LogP contribution < -0.4 is 5.32 Å². The molecule has 1 atom stereocenters. The Bertz CT molecular complexity index is 731. The zero-order valence-corrected chi connectivity index (χ0v) is 14.9. The molecule has 0 saturated carbocycles. The van der Waals surface area contributed by atoms with Crippen LogP contribution in [0.4, 0.5) is 0 Å². The molecule has 1 aromatic carbocycles. The molecule has 132 valence electrons. The van der Waals surface area contributed by atoms with Gasteiger partial charge in [-0.2, -0.15) is 0 Å². The molecule has 0 saturated heterocycles. The van der Waals surface area contributed by atoms with Crippen LogP contribution in [0.3, 0.4) is 0 Å². The second-order valence-corrected chi connectivity index (χ2v) is 6.43. The first kappa shape index (κ1) is 17.5. The number of methoxy groups -OCH3 is 1. The van der Waals surface area contributed by atoms with Gasteiger partial charge in [0.1, 0.15) is 5.82 Å². The Kier molecular flexibility index (Phi) is 5.76. The van der Waals surface area contributed by atoms with Crippen molar-refractivity contribution in [3.05, 3.63) is 58.7 Å². The fourth-order valence-corrected chi connectivity index (χ4v) is 3.37. The van der Waals surface area contributed by atoms with E-state index in [0.717, 1.165) is 29.9 Å². The van der Waals surface area contributed by atoms with Crippen LogP contribution in [0.1, 0.15) is 47.3 Å². The van der Waals surface area contributed by atoms with E-state index in [0.29, 0.717) is 13.0 Å². The van der Waals surface area contributed by atoms with E-state index in [1.165, 1.54) is 24.1 Å². The smallest absolute Gasteiger partial charge is 0.253 e. The summed E-state index contributed by atoms with van der Waals surface area (Å²) >= 11 is 0. The minimum absolute atomic E-state index is 0.136. The van der Waals surface area contributed by atoms with Gasteiger partial charge < -0.3 is 10.1 Å². The van der Waals surface area contributed by atoms with Crippen molar-refractivity contribution in [2.75, 3.05) is 13.7 Å². The van der Waals surface area contributed by atoms with Gasteiger partial charge in [-0.15, -0.1) is 0 Å². The maximum absolute atomic E-state index is 12.4. The highest BCUT2D eigenvalue weighted by Crippen LogP contribution is 2.21. The molecule has 0 spiro atoms. The Morgan fingerprint density at radius 2 is 1.96 bits per heavy atom. The van der Waals surface area contributed by atoms with Crippen molar-refractivity contribution >= 4 is 5.91 Å². The Hall–Kier alpha value is -2.27. The molecule has 1 aliphatic carbocycles. The van der Waals surface area contributed by atoms with Crippen LogP contribution in [0.5, 0.6) is 0 Å². The number of carbonyl (C=O) groups excluding carboxylic acids is 1. The zero-order valence-electron chi connectivity index (χ0n) is 14.9. The van der Waals surface area contributed by atoms with Crippen molar-refractivity contribution in [3.8, 4) is 0 Å². The lowest BCUT2D eigenvalue weighted by molar-refractivity contribution is -0.131. The second kappa shape index (κ2) is 8.21. The van der Waals surface area contributed by atoms with Crippen LogP contribution >= 0.6 is 0 Å². The molecule has 0 unspecified atom stereocenters. The van der Waals surface area contributed by atoms with Crippen molar-refractivity contribution in [2.24, 2.45) is 0 Å². The highest BCUT2D eigenvalue weighted by molar-refractivity contribution is 5.82. The largest absolute Gasteiger partial charge is 0.367 e. The molecule has 1 heterocycles. The van der Waals surface area contributed by atoms with Crippen molar-refractivity contribution in [1.29, 1.82) is 0 Å². The van der Waals surface area contributed by atoms with Gasteiger partial charge in [0.25, 0.3) is 5.91 Å². The minimum Gasteiger partial charge on any atom is -0.367 e. The number of hydrogen-bond donors (Lipinski definition) is 1. The van der Waals surface area contributed by atoms with E-state index >= 15 is 0 Å². The van der Waals surface area contributed by atoms with Crippen LogP contribution in [0.25, 0.3) is 0 Å². The zero-order chi connectivity index (χ0) is 17.6. The van der Waals surface area contributed by atoms with Crippen LogP contribution in [-0.4, -0.2) is 29.5 Å². The molecule has 0 radical (unpaired) electrons. The molecular formula is C20H25N3O2. The summed E-state index contributed by atoms with van der Waals surface area (Å²) < 4.78 is 5.35. The van der Waals surface area contributed by atoms with E-state index < -0.39 is 6.10 Å². The van der Waals surface area contributed by atoms with Gasteiger partial charge in [-0.3, -0.25) is 4.79 Å². The lowest BCUT2D eigenvalue weighted by atomic mass is 9.95. The van der Waals surface area contributed by atoms with Crippen molar-refractivity contribution < 1.29 is 9.53 Å². The predicted molar refractivity (Wildman–Crippen MR) is 96.3 cm³/mol. The first-order chi connectivity index (χ1) is 12.2. The average Bonchev–Trinajstić information content (AvgIpc) is 2.63. The minimum atomic E-state index is -0.590. The van der Waals surface area contributed by atoms with Gasteiger partial charge in [-0.25, -0.2) is 9.97 Å². The van der Waals surface area contributed by atoms with E-state index in [1.54, 1.807) is 7.11 Å². The number of rotatable bonds is 6. The molecule has 1 amide bonds. The molecule has 1 aromatic heterocycles. The topological polar surface area (TPSA) is 64.1 Å². The molecule has 5 nitrogen and oxygen atoms in total. The van der Waals surface area contributed by atoms with E-state index in [2.05, 4.69) is 17.2 Å². The summed E-state index contributed by atoms with van der Waals surface area (Å²) in [6.07, 6.45) is 4.59. The maximum Gasteiger partial charge on any atom is 0.253 e. The second-order valence-electron chi connectivity index (χ2n) is 6.43. The van der Waals surface area contributed by atoms with Gasteiger partial charge in [0.05, 0.1) is 0 Å². The number of fused-ring (bicyclic) bond motifs is 1. The molecule has 0 fully saturated rings. The van der Waals surface area contributed by atoms with E-state index in [1.807, 2.05) is 30.3 Å². The van der Waals surface area contributed by atoms with Gasteiger partial charge in [-0.1, -0.05) is 30.3 Å². The Labute approximate surface area is 148 Å². The third kappa shape index (κ3) is 4.23. The number of carbonyl (C=O) groups is 1. The number of aromatic nitrogens is 2. The van der Waals surface area contributed by atoms with Crippen molar-refractivity contribution in [2.45, 2.75) is 45.1 Å². The highest BCUT2D eigenvalue weighted by atomic mass is 16.5. The summed E-state index contributed by atoms with van der Waals surface area (Å²) in [5.74, 6) is 0.676. The molecule has 25 heavy (non-hydrogen) atoms. The summed E-state index contributed by atoms with van der Waals surface area (Å²) in [7, 11) is 1.55. The summed E-state index contributed by atoms with van der Waals surface area (Å²) in [4.78, 5) is 21.7. The van der Waals surface area contributed by atoms with Gasteiger partial charge >= 0.3 is 0 Å². The number of hydrogen-bond acceptors (Lipinski definition) is 4. The summed E-state index contributed by atoms with van der Waals surface area (Å²) in [6.45, 7) is 2.56. The lowest BCUT2D eigenvalue weighted by Gasteiger charge is -2.18. The van der Waals surface area contributed by atoms with Crippen molar-refractivity contribution in [1.82, 2.24) is 15.3 Å². The maximum atomic E-state index is 12.4. The third-order valence-corrected chi connectivity index (χ3v) is 4.66. The van der Waals surface area contributed by atoms with Gasteiger partial charge in [0.2, 0.25) is 0 Å². The lowest BCUT2D eigenvalue weighted by Crippen LogP contribution is -2.32. The molecule has 5 heteroatoms. The molecule has 1 aliphatic rings. The number of aryl methyl sites for hydroxylation is 2. The Balaban J connectivity index is 1.59. The molecule has 1 N–H and O–H groups in total. The molecule has 0 bridgehead atoms. The molecule has 0 aliphatic heterocycles. The van der Waals surface area contributed by atoms with Crippen LogP contribution in [0.15, 0.2) is 30.3 Å². The van der Waals surface area contributed by atoms with E-state index in [-0.39, 0.29) is 5.91 Å². The van der Waals surface area contributed by atoms with Crippen LogP contribution in [-0.2, 0) is 28.8 Å². The number of ether oxygens (including phenoxy) is 1. The normalized spacial score (nSPS) is 14.6. The van der Waals surface area contributed by atoms with E-state index in [9.17, 15) is 4.79 Å². The SMILES string of the molecule is CO[C@@H](C(=O)NCCc1nc(C)c2c(n1)CCCC2)c1ccccc1. The third-order valence-electron chi connectivity index (χ3n) is 4.66. The van der Waals surface area contributed by atoms with Crippen LogP contribution in [0.2, 0.25) is 0 Å². The number of nitrogens with zero attached hydrogens (tertiary/aromatic N) is 2. The average molecular weight is 339 g/mol.